The van der Waals surface area contributed by atoms with Gasteiger partial charge in [-0.05, 0) is 19.3 Å². The molecule has 88 valence electrons. The van der Waals surface area contributed by atoms with Crippen LogP contribution in [0.3, 0.4) is 0 Å². The van der Waals surface area contributed by atoms with E-state index in [1.54, 1.807) is 0 Å². The molecule has 4 heteroatoms. The van der Waals surface area contributed by atoms with Gasteiger partial charge >= 0.3 is 0 Å². The summed E-state index contributed by atoms with van der Waals surface area (Å²) < 4.78 is 0. The van der Waals surface area contributed by atoms with Crippen LogP contribution in [0.1, 0.15) is 13.8 Å². The molecule has 0 aromatic heterocycles. The van der Waals surface area contributed by atoms with Crippen LogP contribution in [-0.4, -0.2) is 47.5 Å². The Morgan fingerprint density at radius 1 is 1.33 bits per heavy atom. The molecule has 0 fully saturated rings. The highest BCUT2D eigenvalue weighted by Crippen LogP contribution is 2.05. The average molecular weight is 232 g/mol. The van der Waals surface area contributed by atoms with Crippen molar-refractivity contribution < 1.29 is 0 Å². The van der Waals surface area contributed by atoms with Gasteiger partial charge in [-0.2, -0.15) is 0 Å². The fraction of sp³-hybridized carbons (Fsp3) is 0.636. The van der Waals surface area contributed by atoms with E-state index in [1.165, 1.54) is 0 Å². The highest BCUT2D eigenvalue weighted by molar-refractivity contribution is 5.85. The third-order valence-electron chi connectivity index (χ3n) is 2.65. The molecule has 3 nitrogen and oxygen atoms in total. The molecule has 1 aliphatic rings. The van der Waals surface area contributed by atoms with Gasteiger partial charge < -0.3 is 14.7 Å². The Kier molecular flexibility index (Phi) is 7.26. The molecule has 1 heterocycles. The molecule has 0 spiro atoms. The van der Waals surface area contributed by atoms with Gasteiger partial charge in [0.1, 0.15) is 0 Å². The monoisotopic (exact) mass is 231 g/mol. The number of nitrogens with zero attached hydrogens (tertiary/aromatic N) is 3. The fourth-order valence-electron chi connectivity index (χ4n) is 1.56. The topological polar surface area (TPSA) is 9.72 Å². The van der Waals surface area contributed by atoms with Gasteiger partial charge in [0.2, 0.25) is 0 Å². The van der Waals surface area contributed by atoms with Crippen LogP contribution >= 0.6 is 12.4 Å². The molecule has 0 aromatic carbocycles. The van der Waals surface area contributed by atoms with E-state index >= 15 is 0 Å². The van der Waals surface area contributed by atoms with Crippen molar-refractivity contribution in [3.8, 4) is 0 Å². The Morgan fingerprint density at radius 2 is 2.00 bits per heavy atom. The first-order valence-corrected chi connectivity index (χ1v) is 5.33. The zero-order valence-corrected chi connectivity index (χ0v) is 10.5. The zero-order valence-electron chi connectivity index (χ0n) is 9.72. The minimum absolute atomic E-state index is 0. The van der Waals surface area contributed by atoms with Gasteiger partial charge in [0, 0.05) is 25.5 Å². The second-order valence-electron chi connectivity index (χ2n) is 3.48. The first-order valence-electron chi connectivity index (χ1n) is 5.33. The van der Waals surface area contributed by atoms with Crippen LogP contribution in [-0.2, 0) is 0 Å². The lowest BCUT2D eigenvalue weighted by atomic mass is 10.4. The molecule has 1 rings (SSSR count). The van der Waals surface area contributed by atoms with Gasteiger partial charge in [0.05, 0.1) is 6.67 Å². The van der Waals surface area contributed by atoms with E-state index < -0.39 is 0 Å². The van der Waals surface area contributed by atoms with Gasteiger partial charge in [-0.15, -0.1) is 12.4 Å². The van der Waals surface area contributed by atoms with Crippen LogP contribution in [0.25, 0.3) is 0 Å². The highest BCUT2D eigenvalue weighted by Gasteiger charge is 2.09. The minimum Gasteiger partial charge on any atom is -0.357 e. The normalized spacial score (nSPS) is 14.6. The Balaban J connectivity index is 0.00000196. The summed E-state index contributed by atoms with van der Waals surface area (Å²) in [6.07, 6.45) is 6.05. The van der Waals surface area contributed by atoms with Crippen molar-refractivity contribution in [2.75, 3.05) is 32.8 Å². The van der Waals surface area contributed by atoms with Crippen molar-refractivity contribution in [3.05, 3.63) is 25.2 Å². The van der Waals surface area contributed by atoms with Crippen molar-refractivity contribution in [3.63, 3.8) is 0 Å². The Hall–Kier alpha value is -0.670. The SMILES string of the molecule is C=CN1C=CN(CCN(CC)CC)C1.Cl. The summed E-state index contributed by atoms with van der Waals surface area (Å²) in [5.74, 6) is 0. The van der Waals surface area contributed by atoms with E-state index in [0.29, 0.717) is 0 Å². The van der Waals surface area contributed by atoms with Crippen molar-refractivity contribution in [2.45, 2.75) is 13.8 Å². The smallest absolute Gasteiger partial charge is 0.0936 e. The molecule has 0 bridgehead atoms. The first kappa shape index (κ1) is 14.3. The summed E-state index contributed by atoms with van der Waals surface area (Å²) in [4.78, 5) is 6.83. The van der Waals surface area contributed by atoms with Gasteiger partial charge in [-0.25, -0.2) is 0 Å². The molecule has 0 aromatic rings. The van der Waals surface area contributed by atoms with Gasteiger partial charge in [-0.1, -0.05) is 20.4 Å². The summed E-state index contributed by atoms with van der Waals surface area (Å²) >= 11 is 0. The maximum absolute atomic E-state index is 3.74. The maximum atomic E-state index is 3.74. The number of hydrogen-bond donors (Lipinski definition) is 0. The molecule has 0 atom stereocenters. The average Bonchev–Trinajstić information content (AvgIpc) is 2.67. The van der Waals surface area contributed by atoms with Crippen LogP contribution < -0.4 is 0 Å². The van der Waals surface area contributed by atoms with Gasteiger partial charge in [0.25, 0.3) is 0 Å². The van der Waals surface area contributed by atoms with Gasteiger partial charge in [0.15, 0.2) is 0 Å². The second kappa shape index (κ2) is 7.60. The van der Waals surface area contributed by atoms with Gasteiger partial charge in [-0.3, -0.25) is 0 Å². The molecule has 0 N–H and O–H groups in total. The summed E-state index contributed by atoms with van der Waals surface area (Å²) in [5, 5.41) is 0. The van der Waals surface area contributed by atoms with Crippen molar-refractivity contribution in [1.82, 2.24) is 14.7 Å². The van der Waals surface area contributed by atoms with Crippen molar-refractivity contribution in [2.24, 2.45) is 0 Å². The molecule has 1 aliphatic heterocycles. The van der Waals surface area contributed by atoms with E-state index in [2.05, 4.69) is 47.5 Å². The van der Waals surface area contributed by atoms with E-state index in [4.69, 9.17) is 0 Å². The van der Waals surface area contributed by atoms with E-state index in [0.717, 1.165) is 32.8 Å². The van der Waals surface area contributed by atoms with Crippen LogP contribution in [0.15, 0.2) is 25.2 Å². The molecule has 0 saturated heterocycles. The summed E-state index contributed by atoms with van der Waals surface area (Å²) in [6.45, 7) is 13.6. The van der Waals surface area contributed by atoms with Crippen LogP contribution in [0.4, 0.5) is 0 Å². The predicted molar refractivity (Wildman–Crippen MR) is 67.8 cm³/mol. The summed E-state index contributed by atoms with van der Waals surface area (Å²) in [6, 6.07) is 0. The third kappa shape index (κ3) is 4.58. The quantitative estimate of drug-likeness (QED) is 0.692. The Bertz CT molecular complexity index is 202. The zero-order chi connectivity index (χ0) is 10.4. The molecule has 0 aliphatic carbocycles. The minimum atomic E-state index is 0. The lowest BCUT2D eigenvalue weighted by molar-refractivity contribution is 0.240. The second-order valence-corrected chi connectivity index (χ2v) is 3.48. The number of hydrogen-bond acceptors (Lipinski definition) is 3. The molecular weight excluding hydrogens is 210 g/mol. The summed E-state index contributed by atoms with van der Waals surface area (Å²) in [5.41, 5.74) is 0. The fourth-order valence-corrected chi connectivity index (χ4v) is 1.56. The number of likely N-dealkylation sites (N-methyl/N-ethyl adjacent to an activating group) is 1. The van der Waals surface area contributed by atoms with Crippen molar-refractivity contribution in [1.29, 1.82) is 0 Å². The molecule has 0 saturated carbocycles. The molecule has 0 unspecified atom stereocenters. The molecule has 0 amide bonds. The van der Waals surface area contributed by atoms with E-state index in [-0.39, 0.29) is 12.4 Å². The van der Waals surface area contributed by atoms with Crippen LogP contribution in [0.5, 0.6) is 0 Å². The highest BCUT2D eigenvalue weighted by atomic mass is 35.5. The number of halogens is 1. The lowest BCUT2D eigenvalue weighted by Crippen LogP contribution is -2.33. The lowest BCUT2D eigenvalue weighted by Gasteiger charge is -2.23. The van der Waals surface area contributed by atoms with Crippen molar-refractivity contribution >= 4 is 12.4 Å². The number of rotatable bonds is 6. The standard InChI is InChI=1S/C11H21N3.ClH/c1-4-12(5-2)7-9-14-10-8-13(6-3)11-14;/h6,8,10H,3-5,7,9,11H2,1-2H3;1H. The van der Waals surface area contributed by atoms with Crippen LogP contribution in [0, 0.1) is 0 Å². The Labute approximate surface area is 99.4 Å². The largest absolute Gasteiger partial charge is 0.357 e. The maximum Gasteiger partial charge on any atom is 0.0936 e. The van der Waals surface area contributed by atoms with E-state index in [1.807, 2.05) is 6.20 Å². The Morgan fingerprint density at radius 3 is 2.47 bits per heavy atom. The predicted octanol–water partition coefficient (Wildman–Crippen LogP) is 1.94. The van der Waals surface area contributed by atoms with Crippen LogP contribution in [0.2, 0.25) is 0 Å². The molecular formula is C11H22ClN3. The molecule has 0 radical (unpaired) electrons. The summed E-state index contributed by atoms with van der Waals surface area (Å²) in [7, 11) is 0. The first-order chi connectivity index (χ1) is 6.80. The molecule has 15 heavy (non-hydrogen) atoms. The van der Waals surface area contributed by atoms with E-state index in [9.17, 15) is 0 Å². The third-order valence-corrected chi connectivity index (χ3v) is 2.65.